The highest BCUT2D eigenvalue weighted by Gasteiger charge is 2.16. The molecule has 0 spiro atoms. The van der Waals surface area contributed by atoms with E-state index in [1.54, 1.807) is 6.33 Å². The molecule has 4 nitrogen and oxygen atoms in total. The Bertz CT molecular complexity index is 596. The minimum Gasteiger partial charge on any atom is -0.373 e. The molecule has 0 saturated heterocycles. The third-order valence-electron chi connectivity index (χ3n) is 3.42. The Hall–Kier alpha value is -1.81. The van der Waals surface area contributed by atoms with E-state index in [0.717, 1.165) is 22.2 Å². The lowest BCUT2D eigenvalue weighted by Crippen LogP contribution is -2.13. The fourth-order valence-electron chi connectivity index (χ4n) is 2.30. The van der Waals surface area contributed by atoms with Gasteiger partial charge in [-0.25, -0.2) is 9.97 Å². The number of nitrogens with one attached hydrogen (secondary N) is 2. The van der Waals surface area contributed by atoms with Gasteiger partial charge in [-0.2, -0.15) is 0 Å². The van der Waals surface area contributed by atoms with Crippen molar-refractivity contribution in [1.82, 2.24) is 9.97 Å². The van der Waals surface area contributed by atoms with Gasteiger partial charge < -0.3 is 10.6 Å². The molecule has 1 heterocycles. The van der Waals surface area contributed by atoms with Crippen LogP contribution >= 0.6 is 11.6 Å². The van der Waals surface area contributed by atoms with Crippen LogP contribution in [-0.4, -0.2) is 17.0 Å². The van der Waals surface area contributed by atoms with Gasteiger partial charge in [0.05, 0.1) is 0 Å². The molecule has 5 heteroatoms. The highest BCUT2D eigenvalue weighted by atomic mass is 35.5. The van der Waals surface area contributed by atoms with Crippen molar-refractivity contribution in [2.75, 3.05) is 17.7 Å². The van der Waals surface area contributed by atoms with E-state index < -0.39 is 0 Å². The molecular weight excluding hydrogens is 284 g/mol. The Morgan fingerprint density at radius 3 is 2.19 bits per heavy atom. The third kappa shape index (κ3) is 3.64. The van der Waals surface area contributed by atoms with Crippen molar-refractivity contribution in [3.8, 4) is 0 Å². The van der Waals surface area contributed by atoms with Crippen molar-refractivity contribution in [2.45, 2.75) is 32.7 Å². The van der Waals surface area contributed by atoms with Gasteiger partial charge in [0.15, 0.2) is 0 Å². The van der Waals surface area contributed by atoms with Gasteiger partial charge in [0.25, 0.3) is 0 Å². The number of rotatable bonds is 5. The molecule has 1 aromatic carbocycles. The van der Waals surface area contributed by atoms with E-state index >= 15 is 0 Å². The molecule has 0 amide bonds. The third-order valence-corrected chi connectivity index (χ3v) is 3.67. The summed E-state index contributed by atoms with van der Waals surface area (Å²) in [6, 6.07) is 7.98. The molecule has 0 radical (unpaired) electrons. The van der Waals surface area contributed by atoms with Crippen molar-refractivity contribution in [2.24, 2.45) is 0 Å². The van der Waals surface area contributed by atoms with Crippen LogP contribution in [0.2, 0.25) is 5.02 Å². The van der Waals surface area contributed by atoms with Crippen molar-refractivity contribution in [3.05, 3.63) is 46.7 Å². The predicted molar refractivity (Wildman–Crippen MR) is 89.2 cm³/mol. The van der Waals surface area contributed by atoms with Crippen LogP contribution in [0.5, 0.6) is 0 Å². The number of hydrogen-bond donors (Lipinski definition) is 2. The fraction of sp³-hybridized carbons (Fsp3) is 0.375. The maximum absolute atomic E-state index is 5.93. The highest BCUT2D eigenvalue weighted by molar-refractivity contribution is 6.30. The van der Waals surface area contributed by atoms with Gasteiger partial charge in [-0.3, -0.25) is 0 Å². The Kier molecular flexibility index (Phi) is 5.02. The van der Waals surface area contributed by atoms with Gasteiger partial charge in [0.1, 0.15) is 18.0 Å². The number of aromatic nitrogens is 2. The Morgan fingerprint density at radius 2 is 1.62 bits per heavy atom. The van der Waals surface area contributed by atoms with Gasteiger partial charge in [-0.05, 0) is 30.5 Å². The number of nitrogens with zero attached hydrogens (tertiary/aromatic N) is 2. The SMILES string of the molecule is CNc1ncnc(NC(C)c2ccc(Cl)cc2)c1C(C)C. The quantitative estimate of drug-likeness (QED) is 0.856. The molecule has 21 heavy (non-hydrogen) atoms. The van der Waals surface area contributed by atoms with Gasteiger partial charge in [0.2, 0.25) is 0 Å². The maximum Gasteiger partial charge on any atom is 0.135 e. The van der Waals surface area contributed by atoms with Gasteiger partial charge in [-0.1, -0.05) is 37.6 Å². The van der Waals surface area contributed by atoms with Crippen LogP contribution in [-0.2, 0) is 0 Å². The van der Waals surface area contributed by atoms with Crippen LogP contribution in [0, 0.1) is 0 Å². The van der Waals surface area contributed by atoms with Crippen molar-refractivity contribution in [1.29, 1.82) is 0 Å². The smallest absolute Gasteiger partial charge is 0.135 e. The second-order valence-electron chi connectivity index (χ2n) is 5.31. The van der Waals surface area contributed by atoms with Crippen LogP contribution in [0.15, 0.2) is 30.6 Å². The molecule has 0 aliphatic rings. The minimum absolute atomic E-state index is 0.138. The van der Waals surface area contributed by atoms with E-state index in [2.05, 4.69) is 41.4 Å². The lowest BCUT2D eigenvalue weighted by Gasteiger charge is -2.20. The van der Waals surface area contributed by atoms with E-state index in [4.69, 9.17) is 11.6 Å². The summed E-state index contributed by atoms with van der Waals surface area (Å²) < 4.78 is 0. The maximum atomic E-state index is 5.93. The molecule has 1 unspecified atom stereocenters. The standard InChI is InChI=1S/C16H21ClN4/c1-10(2)14-15(18-4)19-9-20-16(14)21-11(3)12-5-7-13(17)8-6-12/h5-11H,1-4H3,(H2,18,19,20,21). The van der Waals surface area contributed by atoms with Gasteiger partial charge >= 0.3 is 0 Å². The predicted octanol–water partition coefficient (Wildman–Crippen LogP) is 4.47. The first kappa shape index (κ1) is 15.6. The normalized spacial score (nSPS) is 12.3. The molecule has 1 atom stereocenters. The summed E-state index contributed by atoms with van der Waals surface area (Å²) >= 11 is 5.93. The number of benzene rings is 1. The lowest BCUT2D eigenvalue weighted by molar-refractivity contribution is 0.820. The summed E-state index contributed by atoms with van der Waals surface area (Å²) in [5, 5.41) is 7.34. The summed E-state index contributed by atoms with van der Waals surface area (Å²) in [6.07, 6.45) is 1.58. The zero-order chi connectivity index (χ0) is 15.4. The van der Waals surface area contributed by atoms with Crippen LogP contribution in [0.1, 0.15) is 43.9 Å². The first-order valence-electron chi connectivity index (χ1n) is 7.07. The molecule has 2 rings (SSSR count). The average molecular weight is 305 g/mol. The van der Waals surface area contributed by atoms with Crippen LogP contribution in [0.3, 0.4) is 0 Å². The fourth-order valence-corrected chi connectivity index (χ4v) is 2.42. The molecule has 2 aromatic rings. The highest BCUT2D eigenvalue weighted by Crippen LogP contribution is 2.30. The molecular formula is C16H21ClN4. The molecule has 0 saturated carbocycles. The van der Waals surface area contributed by atoms with Crippen molar-refractivity contribution >= 4 is 23.2 Å². The summed E-state index contributed by atoms with van der Waals surface area (Å²) in [5.41, 5.74) is 2.26. The zero-order valence-electron chi connectivity index (χ0n) is 12.8. The zero-order valence-corrected chi connectivity index (χ0v) is 13.6. The van der Waals surface area contributed by atoms with E-state index in [0.29, 0.717) is 5.92 Å². The van der Waals surface area contributed by atoms with Gasteiger partial charge in [-0.15, -0.1) is 0 Å². The number of hydrogen-bond acceptors (Lipinski definition) is 4. The lowest BCUT2D eigenvalue weighted by atomic mass is 10.0. The van der Waals surface area contributed by atoms with Crippen molar-refractivity contribution < 1.29 is 0 Å². The molecule has 112 valence electrons. The molecule has 1 aromatic heterocycles. The molecule has 0 aliphatic carbocycles. The molecule has 0 bridgehead atoms. The van der Waals surface area contributed by atoms with Crippen LogP contribution in [0.4, 0.5) is 11.6 Å². The van der Waals surface area contributed by atoms with E-state index in [-0.39, 0.29) is 6.04 Å². The number of anilines is 2. The van der Waals surface area contributed by atoms with E-state index in [9.17, 15) is 0 Å². The average Bonchev–Trinajstić information content (AvgIpc) is 2.47. The van der Waals surface area contributed by atoms with E-state index in [1.807, 2.05) is 31.3 Å². The summed E-state index contributed by atoms with van der Waals surface area (Å²) in [5.74, 6) is 2.06. The largest absolute Gasteiger partial charge is 0.373 e. The molecule has 0 fully saturated rings. The topological polar surface area (TPSA) is 49.8 Å². The van der Waals surface area contributed by atoms with Crippen LogP contribution in [0.25, 0.3) is 0 Å². The second kappa shape index (κ2) is 6.76. The van der Waals surface area contributed by atoms with Gasteiger partial charge in [0, 0.05) is 23.7 Å². The second-order valence-corrected chi connectivity index (χ2v) is 5.74. The number of halogens is 1. The first-order valence-corrected chi connectivity index (χ1v) is 7.45. The summed E-state index contributed by atoms with van der Waals surface area (Å²) in [7, 11) is 1.88. The minimum atomic E-state index is 0.138. The Balaban J connectivity index is 2.28. The molecule has 2 N–H and O–H groups in total. The van der Waals surface area contributed by atoms with Crippen LogP contribution < -0.4 is 10.6 Å². The van der Waals surface area contributed by atoms with Crippen molar-refractivity contribution in [3.63, 3.8) is 0 Å². The Morgan fingerprint density at radius 1 is 1.00 bits per heavy atom. The first-order chi connectivity index (χ1) is 10.0. The molecule has 0 aliphatic heterocycles. The Labute approximate surface area is 131 Å². The van der Waals surface area contributed by atoms with E-state index in [1.165, 1.54) is 5.56 Å². The summed E-state index contributed by atoms with van der Waals surface area (Å²) in [6.45, 7) is 6.38. The monoisotopic (exact) mass is 304 g/mol. The summed E-state index contributed by atoms with van der Waals surface area (Å²) in [4.78, 5) is 8.69.